The normalized spacial score (nSPS) is 21.0. The topological polar surface area (TPSA) is 26.0 Å². The van der Waals surface area contributed by atoms with Crippen molar-refractivity contribution in [1.82, 2.24) is 0 Å². The molecule has 2 rings (SSSR count). The van der Waals surface area contributed by atoms with E-state index in [0.29, 0.717) is 0 Å². The molecule has 0 saturated heterocycles. The van der Waals surface area contributed by atoms with Crippen LogP contribution >= 0.6 is 23.2 Å². The highest BCUT2D eigenvalue weighted by Crippen LogP contribution is 2.46. The van der Waals surface area contributed by atoms with Gasteiger partial charge in [-0.1, -0.05) is 36.0 Å². The monoisotopic (exact) mass is 257 g/mol. The summed E-state index contributed by atoms with van der Waals surface area (Å²) in [6.07, 6.45) is 4.68. The number of nitrogens with two attached hydrogens (primary N) is 1. The van der Waals surface area contributed by atoms with Gasteiger partial charge < -0.3 is 5.73 Å². The first-order chi connectivity index (χ1) is 7.56. The van der Waals surface area contributed by atoms with E-state index in [1.165, 1.54) is 12.8 Å². The summed E-state index contributed by atoms with van der Waals surface area (Å²) in [7, 11) is 0. The Morgan fingerprint density at radius 1 is 1.25 bits per heavy atom. The number of benzene rings is 1. The van der Waals surface area contributed by atoms with Gasteiger partial charge in [0.25, 0.3) is 0 Å². The van der Waals surface area contributed by atoms with Crippen molar-refractivity contribution >= 4 is 23.2 Å². The van der Waals surface area contributed by atoms with Crippen LogP contribution in [0.15, 0.2) is 18.2 Å². The maximum Gasteiger partial charge on any atom is 0.0445 e. The molecular formula is C13H17Cl2N. The quantitative estimate of drug-likeness (QED) is 0.847. The van der Waals surface area contributed by atoms with Gasteiger partial charge in [-0.05, 0) is 43.5 Å². The Bertz CT molecular complexity index is 382. The molecule has 1 aromatic carbocycles. The molecule has 1 fully saturated rings. The maximum atomic E-state index is 6.30. The highest BCUT2D eigenvalue weighted by Gasteiger charge is 2.40. The molecule has 0 spiro atoms. The molecule has 0 aromatic heterocycles. The molecule has 1 aliphatic carbocycles. The first-order valence-electron chi connectivity index (χ1n) is 5.77. The van der Waals surface area contributed by atoms with Crippen LogP contribution in [0.4, 0.5) is 0 Å². The van der Waals surface area contributed by atoms with Crippen molar-refractivity contribution in [1.29, 1.82) is 0 Å². The predicted octanol–water partition coefficient (Wildman–Crippen LogP) is 4.15. The number of rotatable bonds is 2. The highest BCUT2D eigenvalue weighted by atomic mass is 35.5. The van der Waals surface area contributed by atoms with Gasteiger partial charge in [-0.2, -0.15) is 0 Å². The molecule has 0 bridgehead atoms. The number of halogens is 2. The van der Waals surface area contributed by atoms with Crippen LogP contribution in [0.5, 0.6) is 0 Å². The molecule has 1 aromatic rings. The van der Waals surface area contributed by atoms with E-state index >= 15 is 0 Å². The van der Waals surface area contributed by atoms with E-state index < -0.39 is 0 Å². The number of hydrogen-bond acceptors (Lipinski definition) is 1. The zero-order chi connectivity index (χ0) is 11.8. The van der Waals surface area contributed by atoms with E-state index in [1.807, 2.05) is 18.2 Å². The second-order valence-electron chi connectivity index (χ2n) is 4.78. The average Bonchev–Trinajstić information content (AvgIpc) is 2.71. The molecule has 88 valence electrons. The second kappa shape index (κ2) is 4.56. The summed E-state index contributed by atoms with van der Waals surface area (Å²) in [5, 5.41) is 1.54. The molecule has 3 heteroatoms. The first kappa shape index (κ1) is 12.2. The van der Waals surface area contributed by atoms with Crippen molar-refractivity contribution in [2.45, 2.75) is 44.1 Å². The van der Waals surface area contributed by atoms with E-state index in [2.05, 4.69) is 6.92 Å². The fourth-order valence-corrected chi connectivity index (χ4v) is 3.33. The smallest absolute Gasteiger partial charge is 0.0445 e. The lowest BCUT2D eigenvalue weighted by Gasteiger charge is -2.34. The summed E-state index contributed by atoms with van der Waals surface area (Å²) >= 11 is 12.4. The van der Waals surface area contributed by atoms with E-state index in [9.17, 15) is 0 Å². The van der Waals surface area contributed by atoms with Crippen molar-refractivity contribution in [2.24, 2.45) is 5.73 Å². The average molecular weight is 258 g/mol. The summed E-state index contributed by atoms with van der Waals surface area (Å²) in [6.45, 7) is 2.07. The Labute approximate surface area is 107 Å². The largest absolute Gasteiger partial charge is 0.327 e. The summed E-state index contributed by atoms with van der Waals surface area (Å²) in [5.41, 5.74) is 7.35. The molecule has 0 radical (unpaired) electrons. The van der Waals surface area contributed by atoms with Crippen molar-refractivity contribution in [3.05, 3.63) is 33.8 Å². The molecule has 0 amide bonds. The van der Waals surface area contributed by atoms with Crippen LogP contribution in [-0.2, 0) is 5.41 Å². The molecule has 1 saturated carbocycles. The van der Waals surface area contributed by atoms with E-state index in [4.69, 9.17) is 28.9 Å². The standard InChI is InChI=1S/C13H17Cl2N/c1-9(16)13(6-2-3-7-13)11-8-10(14)4-5-12(11)15/h4-5,8-9H,2-3,6-7,16H2,1H3. The molecular weight excluding hydrogens is 241 g/mol. The fraction of sp³-hybridized carbons (Fsp3) is 0.538. The second-order valence-corrected chi connectivity index (χ2v) is 5.62. The molecule has 1 atom stereocenters. The SMILES string of the molecule is CC(N)C1(c2cc(Cl)ccc2Cl)CCCC1. The Balaban J connectivity index is 2.50. The summed E-state index contributed by atoms with van der Waals surface area (Å²) in [5.74, 6) is 0. The van der Waals surface area contributed by atoms with Crippen LogP contribution in [0.2, 0.25) is 10.0 Å². The molecule has 16 heavy (non-hydrogen) atoms. The Kier molecular flexibility index (Phi) is 3.48. The van der Waals surface area contributed by atoms with Gasteiger partial charge in [0.15, 0.2) is 0 Å². The zero-order valence-corrected chi connectivity index (χ0v) is 11.0. The predicted molar refractivity (Wildman–Crippen MR) is 70.3 cm³/mol. The van der Waals surface area contributed by atoms with Crippen LogP contribution in [0, 0.1) is 0 Å². The zero-order valence-electron chi connectivity index (χ0n) is 9.47. The lowest BCUT2D eigenvalue weighted by molar-refractivity contribution is 0.369. The van der Waals surface area contributed by atoms with Crippen molar-refractivity contribution in [3.63, 3.8) is 0 Å². The van der Waals surface area contributed by atoms with Gasteiger partial charge in [0.2, 0.25) is 0 Å². The highest BCUT2D eigenvalue weighted by molar-refractivity contribution is 6.33. The Morgan fingerprint density at radius 3 is 2.44 bits per heavy atom. The first-order valence-corrected chi connectivity index (χ1v) is 6.53. The molecule has 1 nitrogen and oxygen atoms in total. The molecule has 1 aliphatic rings. The lowest BCUT2D eigenvalue weighted by Crippen LogP contribution is -2.41. The number of hydrogen-bond donors (Lipinski definition) is 1. The third kappa shape index (κ3) is 1.97. The van der Waals surface area contributed by atoms with E-state index in [-0.39, 0.29) is 11.5 Å². The van der Waals surface area contributed by atoms with Gasteiger partial charge in [0.05, 0.1) is 0 Å². The van der Waals surface area contributed by atoms with Crippen LogP contribution in [0.3, 0.4) is 0 Å². The van der Waals surface area contributed by atoms with Gasteiger partial charge in [0.1, 0.15) is 0 Å². The third-order valence-electron chi connectivity index (χ3n) is 3.83. The minimum atomic E-state index is 0.0297. The summed E-state index contributed by atoms with van der Waals surface area (Å²) in [6, 6.07) is 5.81. The van der Waals surface area contributed by atoms with Gasteiger partial charge in [0, 0.05) is 21.5 Å². The maximum absolute atomic E-state index is 6.30. The van der Waals surface area contributed by atoms with Crippen LogP contribution in [-0.4, -0.2) is 6.04 Å². The van der Waals surface area contributed by atoms with Crippen LogP contribution in [0.1, 0.15) is 38.2 Å². The van der Waals surface area contributed by atoms with E-state index in [0.717, 1.165) is 28.5 Å². The minimum Gasteiger partial charge on any atom is -0.327 e. The van der Waals surface area contributed by atoms with Crippen LogP contribution in [0.25, 0.3) is 0 Å². The molecule has 0 aliphatic heterocycles. The molecule has 1 unspecified atom stereocenters. The van der Waals surface area contributed by atoms with Gasteiger partial charge >= 0.3 is 0 Å². The van der Waals surface area contributed by atoms with E-state index in [1.54, 1.807) is 0 Å². The Morgan fingerprint density at radius 2 is 1.88 bits per heavy atom. The lowest BCUT2D eigenvalue weighted by atomic mass is 9.73. The molecule has 0 heterocycles. The van der Waals surface area contributed by atoms with Crippen molar-refractivity contribution in [3.8, 4) is 0 Å². The van der Waals surface area contributed by atoms with Crippen molar-refractivity contribution < 1.29 is 0 Å². The fourth-order valence-electron chi connectivity index (χ4n) is 2.85. The van der Waals surface area contributed by atoms with Crippen LogP contribution < -0.4 is 5.73 Å². The third-order valence-corrected chi connectivity index (χ3v) is 4.40. The minimum absolute atomic E-state index is 0.0297. The van der Waals surface area contributed by atoms with Gasteiger partial charge in [-0.3, -0.25) is 0 Å². The van der Waals surface area contributed by atoms with Crippen molar-refractivity contribution in [2.75, 3.05) is 0 Å². The molecule has 2 N–H and O–H groups in total. The van der Waals surface area contributed by atoms with Gasteiger partial charge in [-0.25, -0.2) is 0 Å². The summed E-state index contributed by atoms with van der Waals surface area (Å²) in [4.78, 5) is 0. The summed E-state index contributed by atoms with van der Waals surface area (Å²) < 4.78 is 0. The Hall–Kier alpha value is -0.240. The van der Waals surface area contributed by atoms with Gasteiger partial charge in [-0.15, -0.1) is 0 Å².